The van der Waals surface area contributed by atoms with E-state index in [4.69, 9.17) is 16.8 Å². The lowest BCUT2D eigenvalue weighted by Crippen LogP contribution is -2.36. The zero-order valence-corrected chi connectivity index (χ0v) is 16.8. The molecule has 1 atom stereocenters. The monoisotopic (exact) mass is 432 g/mol. The van der Waals surface area contributed by atoms with Gasteiger partial charge >= 0.3 is 6.18 Å². The molecule has 0 heterocycles. The highest BCUT2D eigenvalue weighted by Gasteiger charge is 2.43. The van der Waals surface area contributed by atoms with Crippen LogP contribution >= 0.6 is 11.6 Å². The first-order valence-electron chi connectivity index (χ1n) is 9.73. The second kappa shape index (κ2) is 8.14. The van der Waals surface area contributed by atoms with Gasteiger partial charge in [-0.05, 0) is 49.3 Å². The van der Waals surface area contributed by atoms with Crippen molar-refractivity contribution in [3.8, 4) is 0 Å². The van der Waals surface area contributed by atoms with Gasteiger partial charge in [0.05, 0.1) is 16.3 Å². The van der Waals surface area contributed by atoms with Crippen LogP contribution in [0.2, 0.25) is 5.02 Å². The molecule has 5 nitrogen and oxygen atoms in total. The number of anilines is 1. The Labute approximate surface area is 171 Å². The number of halogens is 4. The van der Waals surface area contributed by atoms with Crippen LogP contribution in [0.1, 0.15) is 62.1 Å². The Balaban J connectivity index is 2.03. The minimum atomic E-state index is -4.76. The van der Waals surface area contributed by atoms with E-state index in [1.54, 1.807) is 6.92 Å². The Hall–Kier alpha value is -1.80. The minimum absolute atomic E-state index is 0.0501. The van der Waals surface area contributed by atoms with Crippen LogP contribution in [-0.2, 0) is 28.6 Å². The fourth-order valence-corrected chi connectivity index (χ4v) is 4.72. The summed E-state index contributed by atoms with van der Waals surface area (Å²) in [6.07, 6.45) is -0.485. The van der Waals surface area contributed by atoms with Crippen molar-refractivity contribution in [2.75, 3.05) is 5.32 Å². The predicted octanol–water partition coefficient (Wildman–Crippen LogP) is 4.88. The van der Waals surface area contributed by atoms with Gasteiger partial charge in [-0.3, -0.25) is 14.8 Å². The molecule has 2 amide bonds. The zero-order valence-electron chi connectivity index (χ0n) is 16.1. The lowest BCUT2D eigenvalue weighted by Gasteiger charge is -2.33. The number of aryl methyl sites for hydroxylation is 1. The van der Waals surface area contributed by atoms with Crippen LogP contribution in [0, 0.1) is 11.3 Å². The van der Waals surface area contributed by atoms with Crippen molar-refractivity contribution in [3.05, 3.63) is 27.8 Å². The van der Waals surface area contributed by atoms with Gasteiger partial charge in [-0.25, -0.2) is 5.48 Å². The van der Waals surface area contributed by atoms with Crippen LogP contribution in [0.3, 0.4) is 0 Å². The van der Waals surface area contributed by atoms with Crippen LogP contribution in [-0.4, -0.2) is 17.0 Å². The van der Waals surface area contributed by atoms with Gasteiger partial charge in [0.1, 0.15) is 0 Å². The number of fused-ring (bicyclic) bond motifs is 1. The van der Waals surface area contributed by atoms with E-state index in [0.717, 1.165) is 19.3 Å². The molecule has 0 spiro atoms. The number of alkyl halides is 3. The molecule has 2 aliphatic rings. The molecule has 0 saturated heterocycles. The number of carbonyl (C=O) groups excluding carboxylic acids is 2. The van der Waals surface area contributed by atoms with E-state index < -0.39 is 40.6 Å². The van der Waals surface area contributed by atoms with Gasteiger partial charge in [-0.1, -0.05) is 37.8 Å². The molecule has 1 aromatic rings. The average Bonchev–Trinajstić information content (AvgIpc) is 2.67. The summed E-state index contributed by atoms with van der Waals surface area (Å²) in [5.41, 5.74) is -0.306. The highest BCUT2D eigenvalue weighted by atomic mass is 35.5. The fourth-order valence-electron chi connectivity index (χ4n) is 4.45. The quantitative estimate of drug-likeness (QED) is 0.470. The number of nitrogens with one attached hydrogen (secondary N) is 2. The summed E-state index contributed by atoms with van der Waals surface area (Å²) >= 11 is 6.19. The molecular formula is C20H24ClF3N2O3. The summed E-state index contributed by atoms with van der Waals surface area (Å²) < 4.78 is 42.2. The van der Waals surface area contributed by atoms with Gasteiger partial charge in [0.25, 0.3) is 0 Å². The molecule has 1 aromatic carbocycles. The number of hydroxylamine groups is 1. The number of amides is 2. The van der Waals surface area contributed by atoms with Gasteiger partial charge in [-0.2, -0.15) is 13.2 Å². The Bertz CT molecular complexity index is 820. The van der Waals surface area contributed by atoms with Crippen molar-refractivity contribution in [2.45, 2.75) is 64.5 Å². The van der Waals surface area contributed by atoms with Crippen molar-refractivity contribution in [1.29, 1.82) is 0 Å². The van der Waals surface area contributed by atoms with Crippen molar-refractivity contribution in [3.63, 3.8) is 0 Å². The molecule has 0 radical (unpaired) electrons. The third kappa shape index (κ3) is 4.38. The van der Waals surface area contributed by atoms with Gasteiger partial charge in [-0.15, -0.1) is 0 Å². The second-order valence-electron chi connectivity index (χ2n) is 8.24. The molecule has 3 rings (SSSR count). The van der Waals surface area contributed by atoms with E-state index in [9.17, 15) is 22.8 Å². The summed E-state index contributed by atoms with van der Waals surface area (Å²) in [5, 5.41) is 11.2. The molecule has 0 bridgehead atoms. The van der Waals surface area contributed by atoms with E-state index in [0.29, 0.717) is 24.8 Å². The van der Waals surface area contributed by atoms with E-state index in [1.807, 2.05) is 0 Å². The van der Waals surface area contributed by atoms with E-state index >= 15 is 0 Å². The maximum Gasteiger partial charge on any atom is 0.418 e. The first-order valence-corrected chi connectivity index (χ1v) is 10.1. The van der Waals surface area contributed by atoms with Gasteiger partial charge < -0.3 is 5.32 Å². The highest BCUT2D eigenvalue weighted by Crippen LogP contribution is 2.46. The molecule has 9 heteroatoms. The van der Waals surface area contributed by atoms with Crippen LogP contribution in [0.15, 0.2) is 6.07 Å². The SMILES string of the molecule is CC1(C(=O)Nc2c(Cl)cc3c(c2C(F)(F)F)CC(C(=O)NO)CC3)CCCCC1. The van der Waals surface area contributed by atoms with Crippen molar-refractivity contribution >= 4 is 29.1 Å². The van der Waals surface area contributed by atoms with E-state index in [2.05, 4.69) is 5.32 Å². The molecule has 0 aliphatic heterocycles. The Morgan fingerprint density at radius 3 is 2.48 bits per heavy atom. The Kier molecular flexibility index (Phi) is 6.15. The third-order valence-corrected chi connectivity index (χ3v) is 6.50. The molecule has 1 saturated carbocycles. The van der Waals surface area contributed by atoms with Gasteiger partial charge in [0.15, 0.2) is 0 Å². The minimum Gasteiger partial charge on any atom is -0.324 e. The van der Waals surface area contributed by atoms with E-state index in [1.165, 1.54) is 11.5 Å². The van der Waals surface area contributed by atoms with Crippen LogP contribution in [0.5, 0.6) is 0 Å². The third-order valence-electron chi connectivity index (χ3n) is 6.20. The topological polar surface area (TPSA) is 78.4 Å². The number of hydrogen-bond acceptors (Lipinski definition) is 3. The Morgan fingerprint density at radius 1 is 1.24 bits per heavy atom. The predicted molar refractivity (Wildman–Crippen MR) is 102 cm³/mol. The zero-order chi connectivity index (χ0) is 21.4. The first-order chi connectivity index (χ1) is 13.6. The highest BCUT2D eigenvalue weighted by molar-refractivity contribution is 6.34. The molecule has 0 aromatic heterocycles. The molecule has 29 heavy (non-hydrogen) atoms. The second-order valence-corrected chi connectivity index (χ2v) is 8.64. The normalized spacial score (nSPS) is 21.2. The summed E-state index contributed by atoms with van der Waals surface area (Å²) in [6.45, 7) is 1.77. The molecule has 3 N–H and O–H groups in total. The molecular weight excluding hydrogens is 409 g/mol. The molecule has 1 unspecified atom stereocenters. The standard InChI is InChI=1S/C20H24ClF3N2O3/c1-19(7-3-2-4-8-19)18(28)25-16-14(21)10-11-5-6-12(17(27)26-29)9-13(11)15(16)20(22,23)24/h10,12,29H,2-9H2,1H3,(H,25,28)(H,26,27). The maximum absolute atomic E-state index is 14.1. The molecule has 2 aliphatic carbocycles. The number of hydrogen-bond donors (Lipinski definition) is 3. The summed E-state index contributed by atoms with van der Waals surface area (Å²) in [6, 6.07) is 1.44. The van der Waals surface area contributed by atoms with Crippen molar-refractivity contribution in [2.24, 2.45) is 11.3 Å². The van der Waals surface area contributed by atoms with Crippen molar-refractivity contribution in [1.82, 2.24) is 5.48 Å². The lowest BCUT2D eigenvalue weighted by molar-refractivity contribution is -0.139. The lowest BCUT2D eigenvalue weighted by atomic mass is 9.75. The maximum atomic E-state index is 14.1. The fraction of sp³-hybridized carbons (Fsp3) is 0.600. The smallest absolute Gasteiger partial charge is 0.324 e. The van der Waals surface area contributed by atoms with Crippen molar-refractivity contribution < 1.29 is 28.0 Å². The number of benzene rings is 1. The first kappa shape index (κ1) is 21.9. The molecule has 160 valence electrons. The number of carbonyl (C=O) groups is 2. The Morgan fingerprint density at radius 2 is 1.90 bits per heavy atom. The van der Waals surface area contributed by atoms with Gasteiger partial charge in [0.2, 0.25) is 11.8 Å². The summed E-state index contributed by atoms with van der Waals surface area (Å²) in [7, 11) is 0. The average molecular weight is 433 g/mol. The molecule has 1 fully saturated rings. The number of rotatable bonds is 3. The summed E-state index contributed by atoms with van der Waals surface area (Å²) in [5.74, 6) is -1.97. The van der Waals surface area contributed by atoms with Gasteiger partial charge in [0, 0.05) is 11.3 Å². The largest absolute Gasteiger partial charge is 0.418 e. The van der Waals surface area contributed by atoms with Crippen LogP contribution in [0.4, 0.5) is 18.9 Å². The van der Waals surface area contributed by atoms with Crippen LogP contribution < -0.4 is 10.8 Å². The van der Waals surface area contributed by atoms with Crippen LogP contribution in [0.25, 0.3) is 0 Å². The van der Waals surface area contributed by atoms with E-state index in [-0.39, 0.29) is 23.4 Å². The summed E-state index contributed by atoms with van der Waals surface area (Å²) in [4.78, 5) is 24.7.